The Balaban J connectivity index is 1.16. The van der Waals surface area contributed by atoms with Gasteiger partial charge in [-0.2, -0.15) is 0 Å². The van der Waals surface area contributed by atoms with Crippen LogP contribution in [0, 0.1) is 0 Å². The summed E-state index contributed by atoms with van der Waals surface area (Å²) in [6.45, 7) is 0. The average molecular weight is 736 g/mol. The van der Waals surface area contributed by atoms with Crippen LogP contribution in [0.3, 0.4) is 0 Å². The number of aromatic nitrogens is 3. The van der Waals surface area contributed by atoms with Crippen molar-refractivity contribution in [3.05, 3.63) is 200 Å². The SMILES string of the molecule is c1ccc(-c2nc(-c3ccccc3-c3cccnc3)cc(-c3ccccc3-c3cc4ccc5cccc6c7cccc8ccc9cccc(c(c3)c4c56)c9c87)n2)cc1. The lowest BCUT2D eigenvalue weighted by Crippen LogP contribution is -1.98. The Morgan fingerprint density at radius 3 is 1.34 bits per heavy atom. The van der Waals surface area contributed by atoms with Gasteiger partial charge in [-0.25, -0.2) is 9.97 Å². The molecule has 268 valence electrons. The summed E-state index contributed by atoms with van der Waals surface area (Å²) in [6.07, 6.45) is 3.72. The van der Waals surface area contributed by atoms with Crippen molar-refractivity contribution in [2.45, 2.75) is 0 Å². The Morgan fingerprint density at radius 1 is 0.293 bits per heavy atom. The fourth-order valence-corrected chi connectivity index (χ4v) is 9.32. The summed E-state index contributed by atoms with van der Waals surface area (Å²) in [5.74, 6) is 0.683. The van der Waals surface area contributed by atoms with Crippen molar-refractivity contribution in [1.29, 1.82) is 0 Å². The molecule has 0 N–H and O–H groups in total. The summed E-state index contributed by atoms with van der Waals surface area (Å²) in [5.41, 5.74) is 9.15. The fourth-order valence-electron chi connectivity index (χ4n) is 9.32. The minimum Gasteiger partial charge on any atom is -0.264 e. The summed E-state index contributed by atoms with van der Waals surface area (Å²) < 4.78 is 0. The van der Waals surface area contributed by atoms with Crippen molar-refractivity contribution < 1.29 is 0 Å². The molecule has 0 saturated carbocycles. The molecule has 12 rings (SSSR count). The number of rotatable bonds is 5. The maximum absolute atomic E-state index is 5.33. The van der Waals surface area contributed by atoms with E-state index >= 15 is 0 Å². The monoisotopic (exact) mass is 735 g/mol. The quantitative estimate of drug-likeness (QED) is 0.165. The van der Waals surface area contributed by atoms with E-state index in [0.29, 0.717) is 5.82 Å². The first-order chi connectivity index (χ1) is 28.8. The molecule has 12 aromatic rings. The van der Waals surface area contributed by atoms with Gasteiger partial charge in [0.25, 0.3) is 0 Å². The molecule has 0 fully saturated rings. The van der Waals surface area contributed by atoms with Crippen LogP contribution in [0.4, 0.5) is 0 Å². The average Bonchev–Trinajstić information content (AvgIpc) is 3.30. The first-order valence-electron chi connectivity index (χ1n) is 19.8. The van der Waals surface area contributed by atoms with Gasteiger partial charge in [-0.1, -0.05) is 164 Å². The van der Waals surface area contributed by atoms with Gasteiger partial charge in [-0.05, 0) is 106 Å². The van der Waals surface area contributed by atoms with E-state index in [-0.39, 0.29) is 0 Å². The third-order valence-corrected chi connectivity index (χ3v) is 11.9. The molecule has 0 atom stereocenters. The number of hydrogen-bond acceptors (Lipinski definition) is 3. The lowest BCUT2D eigenvalue weighted by atomic mass is 9.86. The lowest BCUT2D eigenvalue weighted by molar-refractivity contribution is 1.18. The maximum Gasteiger partial charge on any atom is 0.160 e. The Kier molecular flexibility index (Phi) is 7.23. The predicted molar refractivity (Wildman–Crippen MR) is 243 cm³/mol. The van der Waals surface area contributed by atoms with Crippen molar-refractivity contribution >= 4 is 64.6 Å². The molecule has 0 spiro atoms. The summed E-state index contributed by atoms with van der Waals surface area (Å²) in [6, 6.07) is 67.9. The molecular formula is C55H33N3. The van der Waals surface area contributed by atoms with Gasteiger partial charge < -0.3 is 0 Å². The first kappa shape index (κ1) is 32.5. The van der Waals surface area contributed by atoms with E-state index < -0.39 is 0 Å². The normalized spacial score (nSPS) is 11.8. The maximum atomic E-state index is 5.33. The zero-order valence-electron chi connectivity index (χ0n) is 31.4. The van der Waals surface area contributed by atoms with E-state index in [0.717, 1.165) is 50.3 Å². The van der Waals surface area contributed by atoms with Crippen LogP contribution < -0.4 is 0 Å². The molecule has 58 heavy (non-hydrogen) atoms. The van der Waals surface area contributed by atoms with Crippen LogP contribution in [0.1, 0.15) is 0 Å². The second kappa shape index (κ2) is 12.9. The first-order valence-corrected chi connectivity index (χ1v) is 19.8. The number of benzene rings is 9. The molecule has 0 amide bonds. The van der Waals surface area contributed by atoms with Gasteiger partial charge >= 0.3 is 0 Å². The van der Waals surface area contributed by atoms with Crippen LogP contribution in [-0.2, 0) is 0 Å². The highest BCUT2D eigenvalue weighted by atomic mass is 14.9. The Labute approximate surface area is 334 Å². The lowest BCUT2D eigenvalue weighted by Gasteiger charge is -2.18. The molecule has 0 aliphatic rings. The van der Waals surface area contributed by atoms with E-state index in [1.54, 1.807) is 0 Å². The number of pyridine rings is 1. The molecule has 10 aromatic carbocycles. The van der Waals surface area contributed by atoms with Gasteiger partial charge in [0.2, 0.25) is 0 Å². The van der Waals surface area contributed by atoms with E-state index in [1.165, 1.54) is 64.6 Å². The Morgan fingerprint density at radius 2 is 0.776 bits per heavy atom. The van der Waals surface area contributed by atoms with E-state index in [9.17, 15) is 0 Å². The molecule has 3 heteroatoms. The highest BCUT2D eigenvalue weighted by Gasteiger charge is 2.19. The van der Waals surface area contributed by atoms with Gasteiger partial charge in [0.05, 0.1) is 11.4 Å². The molecule has 0 radical (unpaired) electrons. The van der Waals surface area contributed by atoms with Crippen LogP contribution in [0.2, 0.25) is 0 Å². The van der Waals surface area contributed by atoms with Crippen LogP contribution in [0.25, 0.3) is 121 Å². The van der Waals surface area contributed by atoms with E-state index in [2.05, 4.69) is 169 Å². The van der Waals surface area contributed by atoms with Crippen molar-refractivity contribution in [2.24, 2.45) is 0 Å². The fraction of sp³-hybridized carbons (Fsp3) is 0. The molecule has 0 saturated heterocycles. The van der Waals surface area contributed by atoms with Crippen LogP contribution >= 0.6 is 0 Å². The van der Waals surface area contributed by atoms with Gasteiger partial charge in [-0.15, -0.1) is 0 Å². The predicted octanol–water partition coefficient (Wildman–Crippen LogP) is 14.6. The van der Waals surface area contributed by atoms with Gasteiger partial charge in [0.15, 0.2) is 5.82 Å². The van der Waals surface area contributed by atoms with Gasteiger partial charge in [0.1, 0.15) is 0 Å². The van der Waals surface area contributed by atoms with Crippen molar-refractivity contribution in [1.82, 2.24) is 15.0 Å². The summed E-state index contributed by atoms with van der Waals surface area (Å²) in [4.78, 5) is 15.0. The van der Waals surface area contributed by atoms with Crippen molar-refractivity contribution in [3.8, 4) is 56.2 Å². The third kappa shape index (κ3) is 5.04. The molecular weight excluding hydrogens is 703 g/mol. The zero-order chi connectivity index (χ0) is 38.2. The molecule has 0 unspecified atom stereocenters. The minimum absolute atomic E-state index is 0.683. The highest BCUT2D eigenvalue weighted by Crippen LogP contribution is 2.45. The zero-order valence-corrected chi connectivity index (χ0v) is 31.4. The highest BCUT2D eigenvalue weighted by molar-refractivity contribution is 6.37. The largest absolute Gasteiger partial charge is 0.264 e. The summed E-state index contributed by atoms with van der Waals surface area (Å²) in [7, 11) is 0. The molecule has 2 aromatic heterocycles. The summed E-state index contributed by atoms with van der Waals surface area (Å²) >= 11 is 0. The summed E-state index contributed by atoms with van der Waals surface area (Å²) in [5, 5.41) is 15.2. The van der Waals surface area contributed by atoms with Crippen LogP contribution in [0.5, 0.6) is 0 Å². The van der Waals surface area contributed by atoms with Crippen molar-refractivity contribution in [3.63, 3.8) is 0 Å². The van der Waals surface area contributed by atoms with E-state index in [1.807, 2.05) is 36.7 Å². The van der Waals surface area contributed by atoms with Crippen LogP contribution in [0.15, 0.2) is 200 Å². The molecule has 0 aliphatic heterocycles. The smallest absolute Gasteiger partial charge is 0.160 e. The topological polar surface area (TPSA) is 38.7 Å². The number of hydrogen-bond donors (Lipinski definition) is 0. The van der Waals surface area contributed by atoms with Gasteiger partial charge in [0, 0.05) is 34.6 Å². The second-order valence-electron chi connectivity index (χ2n) is 15.1. The third-order valence-electron chi connectivity index (χ3n) is 11.9. The van der Waals surface area contributed by atoms with E-state index in [4.69, 9.17) is 9.97 Å². The van der Waals surface area contributed by atoms with Crippen LogP contribution in [-0.4, -0.2) is 15.0 Å². The minimum atomic E-state index is 0.683. The number of nitrogens with zero attached hydrogens (tertiary/aromatic N) is 3. The Hall–Kier alpha value is -7.75. The van der Waals surface area contributed by atoms with Crippen molar-refractivity contribution in [2.75, 3.05) is 0 Å². The Bertz CT molecular complexity index is 3550. The molecule has 0 bridgehead atoms. The second-order valence-corrected chi connectivity index (χ2v) is 15.1. The standard InChI is InChI=1S/C55H33N3/c1-2-12-37(13-3-1)55-57-49(43-20-6-4-18-41(43)39-17-11-29-56-33-39)32-50(58-55)44-21-7-5-19-42(44)40-30-38-28-27-36-15-9-23-46-45-22-8-14-34-25-26-35-16-10-24-47(53(35)51(34)45)48(31-40)54(38)52(36)46/h1-33H. The molecule has 2 heterocycles. The number of fused-ring (bicyclic) bond motifs is 2. The molecule has 3 nitrogen and oxygen atoms in total. The molecule has 0 aliphatic carbocycles. The van der Waals surface area contributed by atoms with Gasteiger partial charge in [-0.3, -0.25) is 4.98 Å².